The van der Waals surface area contributed by atoms with Crippen molar-refractivity contribution in [3.63, 3.8) is 0 Å². The number of hydrogen-bond donors (Lipinski definition) is 1. The van der Waals surface area contributed by atoms with Gasteiger partial charge in [-0.2, -0.15) is 0 Å². The maximum Gasteiger partial charge on any atom is 0.305 e. The highest BCUT2D eigenvalue weighted by atomic mass is 16.8. The van der Waals surface area contributed by atoms with Crippen molar-refractivity contribution < 1.29 is 76.2 Å². The van der Waals surface area contributed by atoms with E-state index in [0.29, 0.717) is 0 Å². The van der Waals surface area contributed by atoms with Crippen LogP contribution in [-0.4, -0.2) is 110 Å². The minimum Gasteiger partial charge on any atom is -0.463 e. The van der Waals surface area contributed by atoms with Gasteiger partial charge < -0.3 is 47.9 Å². The van der Waals surface area contributed by atoms with Gasteiger partial charge in [-0.1, -0.05) is 0 Å². The third-order valence-corrected chi connectivity index (χ3v) is 5.98. The average Bonchev–Trinajstić information content (AvgIpc) is 2.84. The third kappa shape index (κ3) is 10.4. The molecule has 0 aromatic carbocycles. The van der Waals surface area contributed by atoms with Gasteiger partial charge in [-0.15, -0.1) is 0 Å². The number of carbonyl (C=O) groups excluding carboxylic acids is 7. The van der Waals surface area contributed by atoms with Gasteiger partial charge >= 0.3 is 35.8 Å². The molecule has 2 aliphatic rings. The molecule has 1 N–H and O–H groups in total. The summed E-state index contributed by atoms with van der Waals surface area (Å²) >= 11 is 0. The van der Waals surface area contributed by atoms with Gasteiger partial charge in [-0.05, 0) is 6.92 Å². The second-order valence-corrected chi connectivity index (χ2v) is 9.79. The van der Waals surface area contributed by atoms with Gasteiger partial charge in [0.2, 0.25) is 12.2 Å². The maximum absolute atomic E-state index is 12.2. The van der Waals surface area contributed by atoms with Crippen LogP contribution in [0.3, 0.4) is 0 Å². The molecule has 0 aliphatic carbocycles. The molecule has 2 rings (SSSR count). The van der Waals surface area contributed by atoms with Crippen LogP contribution in [0.4, 0.5) is 0 Å². The van der Waals surface area contributed by atoms with Gasteiger partial charge in [-0.25, -0.2) is 0 Å². The average molecular weight is 620 g/mol. The maximum atomic E-state index is 12.2. The summed E-state index contributed by atoms with van der Waals surface area (Å²) in [5.74, 6) is -5.43. The van der Waals surface area contributed by atoms with Crippen molar-refractivity contribution in [1.29, 1.82) is 0 Å². The van der Waals surface area contributed by atoms with E-state index in [1.807, 2.05) is 0 Å². The van der Waals surface area contributed by atoms with Gasteiger partial charge in [0.1, 0.15) is 24.9 Å². The second-order valence-electron chi connectivity index (χ2n) is 9.79. The Kier molecular flexibility index (Phi) is 12.8. The van der Waals surface area contributed by atoms with Crippen LogP contribution in [-0.2, 0) is 76.2 Å². The fourth-order valence-electron chi connectivity index (χ4n) is 4.62. The Morgan fingerprint density at radius 3 is 1.53 bits per heavy atom. The van der Waals surface area contributed by atoms with E-state index in [9.17, 15) is 33.6 Å². The Morgan fingerprint density at radius 2 is 1.05 bits per heavy atom. The van der Waals surface area contributed by atoms with Crippen molar-refractivity contribution in [2.75, 3.05) is 6.61 Å². The number of ether oxygens (including phenoxy) is 9. The molecule has 2 aliphatic heterocycles. The Balaban J connectivity index is 2.66. The number of amides is 1. The summed E-state index contributed by atoms with van der Waals surface area (Å²) in [6, 6.07) is -1.38. The summed E-state index contributed by atoms with van der Waals surface area (Å²) in [4.78, 5) is 84.0. The van der Waals surface area contributed by atoms with Crippen molar-refractivity contribution in [3.05, 3.63) is 0 Å². The lowest BCUT2D eigenvalue weighted by atomic mass is 9.94. The van der Waals surface area contributed by atoms with Gasteiger partial charge in [-0.3, -0.25) is 33.6 Å². The fraction of sp³-hybridized carbons (Fsp3) is 0.731. The number of nitrogens with one attached hydrogen (secondary N) is 1. The van der Waals surface area contributed by atoms with Crippen LogP contribution < -0.4 is 5.32 Å². The Hall–Kier alpha value is -3.83. The number of rotatable bonds is 10. The molecule has 0 radical (unpaired) electrons. The van der Waals surface area contributed by atoms with E-state index in [2.05, 4.69) is 5.32 Å². The summed E-state index contributed by atoms with van der Waals surface area (Å²) in [7, 11) is 0. The SMILES string of the molecule is CC(=O)N[C@@H]1[C@H](OC(C)=O)O[C@@H](COC(C)=O)[C@@H](OC(C)=O)[C@H]1O[C@@H]1O[C@H](C)[C@@H](OC(C)=O)[C@H](OC(C)=O)[C@@H]1OC(C)=O. The molecule has 0 unspecified atom stereocenters. The van der Waals surface area contributed by atoms with Crippen LogP contribution >= 0.6 is 0 Å². The molecule has 17 nitrogen and oxygen atoms in total. The highest BCUT2D eigenvalue weighted by Crippen LogP contribution is 2.34. The van der Waals surface area contributed by atoms with Crippen LogP contribution in [0.15, 0.2) is 0 Å². The molecule has 10 atom stereocenters. The number of carbonyl (C=O) groups is 7. The topological polar surface area (TPSA) is 215 Å². The van der Waals surface area contributed by atoms with Gasteiger partial charge in [0, 0.05) is 48.5 Å². The van der Waals surface area contributed by atoms with Crippen molar-refractivity contribution in [3.8, 4) is 0 Å². The first-order valence-electron chi connectivity index (χ1n) is 13.2. The van der Waals surface area contributed by atoms with Crippen molar-refractivity contribution in [1.82, 2.24) is 5.32 Å². The van der Waals surface area contributed by atoms with Crippen LogP contribution in [0.1, 0.15) is 55.4 Å². The van der Waals surface area contributed by atoms with Gasteiger partial charge in [0.15, 0.2) is 30.7 Å². The minimum absolute atomic E-state index is 0.502. The Labute approximate surface area is 247 Å². The van der Waals surface area contributed by atoms with E-state index in [-0.39, 0.29) is 0 Å². The first kappa shape index (κ1) is 35.4. The molecule has 2 saturated heterocycles. The first-order chi connectivity index (χ1) is 20.0. The molecule has 0 aromatic heterocycles. The Bertz CT molecular complexity index is 1060. The molecule has 242 valence electrons. The lowest BCUT2D eigenvalue weighted by molar-refractivity contribution is -0.340. The fourth-order valence-corrected chi connectivity index (χ4v) is 4.62. The predicted octanol–water partition coefficient (Wildman–Crippen LogP) is -0.801. The zero-order chi connectivity index (χ0) is 32.6. The lowest BCUT2D eigenvalue weighted by Crippen LogP contribution is -2.69. The zero-order valence-electron chi connectivity index (χ0n) is 25.0. The number of esters is 6. The zero-order valence-corrected chi connectivity index (χ0v) is 25.0. The molecule has 0 spiro atoms. The quantitative estimate of drug-likeness (QED) is 0.234. The van der Waals surface area contributed by atoms with E-state index in [4.69, 9.17) is 42.6 Å². The van der Waals surface area contributed by atoms with Gasteiger partial charge in [0.05, 0.1) is 6.10 Å². The molecular weight excluding hydrogens is 582 g/mol. The second kappa shape index (κ2) is 15.6. The van der Waals surface area contributed by atoms with Crippen LogP contribution in [0.25, 0.3) is 0 Å². The molecule has 43 heavy (non-hydrogen) atoms. The normalized spacial score (nSPS) is 31.9. The standard InChI is InChI=1S/C26H37NO16/c1-10-20(37-13(4)30)23(39-15(6)32)24(40-16(7)33)26(36-10)43-22-19(27-11(2)28)25(41-17(8)34)42-18(9-35-12(3)29)21(22)38-14(5)31/h10,18-26H,9H2,1-8H3,(H,27,28)/t10-,18+,19+,20-,21-,22+,23+,24+,25-,26+/m1/s1. The van der Waals surface area contributed by atoms with E-state index < -0.39 is 110 Å². The molecule has 17 heteroatoms. The highest BCUT2D eigenvalue weighted by molar-refractivity contribution is 5.73. The van der Waals surface area contributed by atoms with Crippen molar-refractivity contribution in [2.45, 2.75) is 117 Å². The van der Waals surface area contributed by atoms with Crippen molar-refractivity contribution in [2.24, 2.45) is 0 Å². The van der Waals surface area contributed by atoms with E-state index in [1.165, 1.54) is 6.92 Å². The number of hydrogen-bond acceptors (Lipinski definition) is 16. The van der Waals surface area contributed by atoms with E-state index >= 15 is 0 Å². The lowest BCUT2D eigenvalue weighted by Gasteiger charge is -2.48. The molecule has 1 amide bonds. The largest absolute Gasteiger partial charge is 0.463 e. The molecule has 2 heterocycles. The summed E-state index contributed by atoms with van der Waals surface area (Å²) in [5.41, 5.74) is 0. The first-order valence-corrected chi connectivity index (χ1v) is 13.2. The highest BCUT2D eigenvalue weighted by Gasteiger charge is 2.56. The predicted molar refractivity (Wildman–Crippen MR) is 136 cm³/mol. The van der Waals surface area contributed by atoms with Gasteiger partial charge in [0.25, 0.3) is 0 Å². The molecule has 0 saturated carbocycles. The van der Waals surface area contributed by atoms with E-state index in [0.717, 1.165) is 48.5 Å². The van der Waals surface area contributed by atoms with E-state index in [1.54, 1.807) is 0 Å². The summed E-state index contributed by atoms with van der Waals surface area (Å²) < 4.78 is 49.9. The monoisotopic (exact) mass is 619 g/mol. The summed E-state index contributed by atoms with van der Waals surface area (Å²) in [6.07, 6.45) is -12.7. The molecule has 0 aromatic rings. The van der Waals surface area contributed by atoms with Crippen LogP contribution in [0.2, 0.25) is 0 Å². The summed E-state index contributed by atoms with van der Waals surface area (Å²) in [6.45, 7) is 8.64. The Morgan fingerprint density at radius 1 is 0.558 bits per heavy atom. The summed E-state index contributed by atoms with van der Waals surface area (Å²) in [5, 5.41) is 2.53. The molecule has 0 bridgehead atoms. The van der Waals surface area contributed by atoms with Crippen LogP contribution in [0.5, 0.6) is 0 Å². The smallest absolute Gasteiger partial charge is 0.305 e. The van der Waals surface area contributed by atoms with Crippen molar-refractivity contribution >= 4 is 41.7 Å². The molecule has 2 fully saturated rings. The molecular formula is C26H37NO16. The minimum atomic E-state index is -1.63. The third-order valence-electron chi connectivity index (χ3n) is 5.98. The van der Waals surface area contributed by atoms with Crippen LogP contribution in [0, 0.1) is 0 Å².